The van der Waals surface area contributed by atoms with Crippen LogP contribution >= 0.6 is 18.7 Å². The number of methoxy groups -OCH3 is 1. The van der Waals surface area contributed by atoms with E-state index in [9.17, 15) is 4.57 Å². The van der Waals surface area contributed by atoms with Crippen LogP contribution in [0.4, 0.5) is 23.1 Å². The Bertz CT molecular complexity index is 1230. The molecule has 0 radical (unpaired) electrons. The van der Waals surface area contributed by atoms with Crippen molar-refractivity contribution in [2.45, 2.75) is 18.9 Å². The van der Waals surface area contributed by atoms with Gasteiger partial charge in [0.15, 0.2) is 5.82 Å². The summed E-state index contributed by atoms with van der Waals surface area (Å²) in [4.78, 5) is 11.2. The van der Waals surface area contributed by atoms with E-state index < -0.39 is 7.14 Å². The average Bonchev–Trinajstić information content (AvgIpc) is 3.18. The van der Waals surface area contributed by atoms with E-state index >= 15 is 0 Å². The second-order valence-electron chi connectivity index (χ2n) is 8.78. The fourth-order valence-corrected chi connectivity index (χ4v) is 5.52. The second kappa shape index (κ2) is 9.34. The number of para-hydroxylation sites is 1. The van der Waals surface area contributed by atoms with Gasteiger partial charge in [-0.3, -0.25) is 0 Å². The number of nitrogens with zero attached hydrogens (tertiary/aromatic N) is 3. The largest absolute Gasteiger partial charge is 0.495 e. The molecule has 3 aromatic rings. The van der Waals surface area contributed by atoms with Crippen LogP contribution in [-0.4, -0.2) is 49.4 Å². The topological polar surface area (TPSA) is 79.4 Å². The van der Waals surface area contributed by atoms with Crippen molar-refractivity contribution in [3.8, 4) is 5.75 Å². The van der Waals surface area contributed by atoms with Crippen molar-refractivity contribution in [3.63, 3.8) is 0 Å². The number of nitrogens with one attached hydrogen (secondary N) is 2. The predicted octanol–water partition coefficient (Wildman–Crippen LogP) is 5.42. The SMILES string of the molecule is COc1cc2c(cc1Nc1ncc(Cl)c(Nc3ccccc3P(C)(C)=O)n1)C(N(C)C)CC2. The third-order valence-corrected chi connectivity index (χ3v) is 7.69. The highest BCUT2D eigenvalue weighted by molar-refractivity contribution is 7.70. The third-order valence-electron chi connectivity index (χ3n) is 5.86. The standard InChI is InChI=1S/C24H29ClN5O2P/c1-30(2)20-11-10-15-12-21(32-3)19(13-16(15)20)28-24-26-14-17(25)23(29-24)27-18-8-6-7-9-22(18)33(4,5)31/h6-9,12-14,20H,10-11H2,1-5H3,(H2,26,27,28,29). The summed E-state index contributed by atoms with van der Waals surface area (Å²) in [5.74, 6) is 1.55. The van der Waals surface area contributed by atoms with Crippen molar-refractivity contribution in [1.82, 2.24) is 14.9 Å². The molecule has 2 N–H and O–H groups in total. The fourth-order valence-electron chi connectivity index (χ4n) is 4.23. The zero-order chi connectivity index (χ0) is 23.8. The Balaban J connectivity index is 1.66. The van der Waals surface area contributed by atoms with Gasteiger partial charge in [0.1, 0.15) is 17.9 Å². The first-order chi connectivity index (χ1) is 15.7. The minimum absolute atomic E-state index is 0.366. The van der Waals surface area contributed by atoms with E-state index in [-0.39, 0.29) is 0 Å². The summed E-state index contributed by atoms with van der Waals surface area (Å²) in [7, 11) is 3.36. The molecule has 1 unspecified atom stereocenters. The van der Waals surface area contributed by atoms with Crippen LogP contribution in [0.5, 0.6) is 5.75 Å². The number of hydrogen-bond acceptors (Lipinski definition) is 7. The normalized spacial score (nSPS) is 15.4. The van der Waals surface area contributed by atoms with Gasteiger partial charge in [-0.05, 0) is 75.7 Å². The number of aromatic nitrogens is 2. The number of aryl methyl sites for hydroxylation is 1. The number of anilines is 4. The van der Waals surface area contributed by atoms with Gasteiger partial charge in [0.2, 0.25) is 5.95 Å². The molecule has 174 valence electrons. The van der Waals surface area contributed by atoms with Crippen LogP contribution in [0.1, 0.15) is 23.6 Å². The van der Waals surface area contributed by atoms with Crippen LogP contribution in [0.25, 0.3) is 0 Å². The van der Waals surface area contributed by atoms with Crippen molar-refractivity contribution >= 4 is 47.2 Å². The number of ether oxygens (including phenoxy) is 1. The van der Waals surface area contributed by atoms with Gasteiger partial charge in [0.05, 0.1) is 24.7 Å². The lowest BCUT2D eigenvalue weighted by molar-refractivity contribution is 0.299. The Labute approximate surface area is 199 Å². The van der Waals surface area contributed by atoms with Crippen molar-refractivity contribution in [1.29, 1.82) is 0 Å². The van der Waals surface area contributed by atoms with Gasteiger partial charge in [-0.25, -0.2) is 4.98 Å². The quantitative estimate of drug-likeness (QED) is 0.432. The van der Waals surface area contributed by atoms with Gasteiger partial charge in [0.25, 0.3) is 0 Å². The molecule has 4 rings (SSSR count). The molecule has 1 atom stereocenters. The Morgan fingerprint density at radius 2 is 1.91 bits per heavy atom. The van der Waals surface area contributed by atoms with Gasteiger partial charge in [-0.15, -0.1) is 0 Å². The van der Waals surface area contributed by atoms with Crippen molar-refractivity contribution in [2.24, 2.45) is 0 Å². The number of rotatable bonds is 7. The Hall–Kier alpha value is -2.60. The van der Waals surface area contributed by atoms with E-state index in [1.54, 1.807) is 26.6 Å². The fraction of sp³-hybridized carbons (Fsp3) is 0.333. The van der Waals surface area contributed by atoms with Gasteiger partial charge in [-0.1, -0.05) is 23.7 Å². The van der Waals surface area contributed by atoms with Gasteiger partial charge in [0, 0.05) is 11.3 Å². The molecule has 0 amide bonds. The van der Waals surface area contributed by atoms with E-state index in [1.165, 1.54) is 11.1 Å². The zero-order valence-corrected chi connectivity index (χ0v) is 21.2. The number of fused-ring (bicyclic) bond motifs is 1. The molecule has 0 spiro atoms. The van der Waals surface area contributed by atoms with Crippen LogP contribution in [0, 0.1) is 0 Å². The molecule has 0 fully saturated rings. The third kappa shape index (κ3) is 5.01. The molecular weight excluding hydrogens is 457 g/mol. The molecule has 0 bridgehead atoms. The summed E-state index contributed by atoms with van der Waals surface area (Å²) >= 11 is 6.39. The maximum Gasteiger partial charge on any atom is 0.229 e. The minimum atomic E-state index is -2.49. The smallest absolute Gasteiger partial charge is 0.229 e. The van der Waals surface area contributed by atoms with Crippen LogP contribution in [-0.2, 0) is 11.0 Å². The highest BCUT2D eigenvalue weighted by Gasteiger charge is 2.26. The summed E-state index contributed by atoms with van der Waals surface area (Å²) in [6.45, 7) is 3.48. The number of hydrogen-bond donors (Lipinski definition) is 2. The lowest BCUT2D eigenvalue weighted by Crippen LogP contribution is -2.17. The summed E-state index contributed by atoms with van der Waals surface area (Å²) in [5.41, 5.74) is 4.09. The monoisotopic (exact) mass is 485 g/mol. The first-order valence-corrected chi connectivity index (χ1v) is 13.7. The molecule has 7 nitrogen and oxygen atoms in total. The lowest BCUT2D eigenvalue weighted by Gasteiger charge is -2.21. The summed E-state index contributed by atoms with van der Waals surface area (Å²) in [6.07, 6.45) is 3.65. The minimum Gasteiger partial charge on any atom is -0.495 e. The van der Waals surface area contributed by atoms with Crippen molar-refractivity contribution < 1.29 is 9.30 Å². The van der Waals surface area contributed by atoms with Crippen molar-refractivity contribution in [2.75, 3.05) is 45.2 Å². The molecule has 9 heteroatoms. The molecule has 1 aromatic heterocycles. The molecule has 0 aliphatic heterocycles. The molecule has 1 heterocycles. The van der Waals surface area contributed by atoms with E-state index in [1.807, 2.05) is 24.3 Å². The number of benzene rings is 2. The lowest BCUT2D eigenvalue weighted by atomic mass is 10.1. The first kappa shape index (κ1) is 23.6. The molecular formula is C24H29ClN5O2P. The van der Waals surface area contributed by atoms with E-state index in [4.69, 9.17) is 16.3 Å². The van der Waals surface area contributed by atoms with E-state index in [0.29, 0.717) is 28.5 Å². The molecule has 0 saturated heterocycles. The van der Waals surface area contributed by atoms with Gasteiger partial charge >= 0.3 is 0 Å². The van der Waals surface area contributed by atoms with E-state index in [2.05, 4.69) is 51.7 Å². The zero-order valence-electron chi connectivity index (χ0n) is 19.5. The van der Waals surface area contributed by atoms with E-state index in [0.717, 1.165) is 29.6 Å². The van der Waals surface area contributed by atoms with Crippen LogP contribution < -0.4 is 20.7 Å². The summed E-state index contributed by atoms with van der Waals surface area (Å²) in [6, 6.07) is 12.1. The van der Waals surface area contributed by atoms with Crippen molar-refractivity contribution in [3.05, 3.63) is 58.7 Å². The molecule has 1 aliphatic rings. The average molecular weight is 486 g/mol. The highest BCUT2D eigenvalue weighted by Crippen LogP contribution is 2.41. The maximum atomic E-state index is 12.7. The summed E-state index contributed by atoms with van der Waals surface area (Å²) < 4.78 is 18.4. The summed E-state index contributed by atoms with van der Waals surface area (Å²) in [5, 5.41) is 7.63. The van der Waals surface area contributed by atoms with Crippen LogP contribution in [0.3, 0.4) is 0 Å². The molecule has 33 heavy (non-hydrogen) atoms. The Morgan fingerprint density at radius 3 is 2.61 bits per heavy atom. The molecule has 1 aliphatic carbocycles. The van der Waals surface area contributed by atoms with Crippen LogP contribution in [0.2, 0.25) is 5.02 Å². The van der Waals surface area contributed by atoms with Gasteiger partial charge in [-0.2, -0.15) is 4.98 Å². The molecule has 2 aromatic carbocycles. The molecule has 0 saturated carbocycles. The maximum absolute atomic E-state index is 12.7. The number of halogens is 1. The highest BCUT2D eigenvalue weighted by atomic mass is 35.5. The second-order valence-corrected chi connectivity index (χ2v) is 12.4. The van der Waals surface area contributed by atoms with Gasteiger partial charge < -0.3 is 24.8 Å². The van der Waals surface area contributed by atoms with Crippen LogP contribution in [0.15, 0.2) is 42.6 Å². The predicted molar refractivity (Wildman–Crippen MR) is 137 cm³/mol. The Kier molecular flexibility index (Phi) is 6.66. The first-order valence-electron chi connectivity index (χ1n) is 10.8. The Morgan fingerprint density at radius 1 is 1.15 bits per heavy atom.